The smallest absolute Gasteiger partial charge is 0.244 e. The van der Waals surface area contributed by atoms with Crippen molar-refractivity contribution in [2.45, 2.75) is 18.8 Å². The lowest BCUT2D eigenvalue weighted by molar-refractivity contribution is -0.122. The molecule has 144 valence electrons. The van der Waals surface area contributed by atoms with Crippen LogP contribution in [0, 0.1) is 5.92 Å². The Morgan fingerprint density at radius 2 is 1.41 bits per heavy atom. The van der Waals surface area contributed by atoms with Crippen molar-refractivity contribution in [2.24, 2.45) is 11.0 Å². The van der Waals surface area contributed by atoms with Crippen LogP contribution in [0.15, 0.2) is 102 Å². The zero-order valence-corrected chi connectivity index (χ0v) is 16.5. The third-order valence-corrected chi connectivity index (χ3v) is 5.51. The van der Waals surface area contributed by atoms with Gasteiger partial charge in [-0.2, -0.15) is 5.10 Å². The van der Waals surface area contributed by atoms with E-state index in [0.717, 1.165) is 17.7 Å². The van der Waals surface area contributed by atoms with Crippen molar-refractivity contribution in [3.8, 4) is 0 Å². The predicted molar refractivity (Wildman–Crippen MR) is 118 cm³/mol. The highest BCUT2D eigenvalue weighted by Crippen LogP contribution is 2.58. The Hall–Kier alpha value is -3.46. The van der Waals surface area contributed by atoms with E-state index in [1.54, 1.807) is 0 Å². The highest BCUT2D eigenvalue weighted by Gasteiger charge is 2.60. The van der Waals surface area contributed by atoms with Gasteiger partial charge in [0.2, 0.25) is 5.91 Å². The van der Waals surface area contributed by atoms with Crippen molar-refractivity contribution < 1.29 is 4.79 Å². The summed E-state index contributed by atoms with van der Waals surface area (Å²) in [7, 11) is 0. The summed E-state index contributed by atoms with van der Waals surface area (Å²) in [5.74, 6) is -0.160. The molecule has 1 N–H and O–H groups in total. The van der Waals surface area contributed by atoms with Crippen LogP contribution in [-0.4, -0.2) is 11.6 Å². The molecule has 4 rings (SSSR count). The second kappa shape index (κ2) is 8.27. The van der Waals surface area contributed by atoms with Crippen LogP contribution < -0.4 is 5.43 Å². The molecule has 1 saturated carbocycles. The van der Waals surface area contributed by atoms with Gasteiger partial charge in [0.05, 0.1) is 11.6 Å². The summed E-state index contributed by atoms with van der Waals surface area (Å²) in [5, 5.41) is 4.28. The van der Waals surface area contributed by atoms with Gasteiger partial charge in [-0.3, -0.25) is 4.79 Å². The molecule has 0 heterocycles. The first kappa shape index (κ1) is 18.9. The standard InChI is InChI=1S/C26H24N2O/c1-20(17-18-21-11-5-2-6-12-21)27-28-25(29)24-19-26(24,22-13-7-3-8-14-22)23-15-9-4-10-16-23/h2-18,24H,19H2,1H3,(H,28,29)/b18-17+,27-20-/t24-/m1/s1. The molecule has 3 heteroatoms. The maximum absolute atomic E-state index is 12.9. The molecular formula is C26H24N2O. The summed E-state index contributed by atoms with van der Waals surface area (Å²) >= 11 is 0. The quantitative estimate of drug-likeness (QED) is 0.464. The summed E-state index contributed by atoms with van der Waals surface area (Å²) in [6.45, 7) is 1.88. The first-order valence-electron chi connectivity index (χ1n) is 9.88. The third kappa shape index (κ3) is 4.04. The molecule has 1 amide bonds. The molecule has 1 atom stereocenters. The van der Waals surface area contributed by atoms with E-state index in [2.05, 4.69) is 34.8 Å². The predicted octanol–water partition coefficient (Wildman–Crippen LogP) is 5.20. The molecule has 0 spiro atoms. The van der Waals surface area contributed by atoms with Crippen LogP contribution in [0.3, 0.4) is 0 Å². The molecule has 0 radical (unpaired) electrons. The minimum absolute atomic E-state index is 0.0369. The minimum atomic E-state index is -0.268. The van der Waals surface area contributed by atoms with Crippen molar-refractivity contribution in [2.75, 3.05) is 0 Å². The van der Waals surface area contributed by atoms with E-state index in [1.807, 2.05) is 85.8 Å². The van der Waals surface area contributed by atoms with E-state index in [9.17, 15) is 4.79 Å². The molecular weight excluding hydrogens is 356 g/mol. The lowest BCUT2D eigenvalue weighted by Gasteiger charge is -2.18. The molecule has 1 aliphatic rings. The van der Waals surface area contributed by atoms with Gasteiger partial charge < -0.3 is 0 Å². The monoisotopic (exact) mass is 380 g/mol. The maximum atomic E-state index is 12.9. The number of rotatable bonds is 6. The number of carbonyl (C=O) groups is 1. The number of hydrogen-bond acceptors (Lipinski definition) is 2. The van der Waals surface area contributed by atoms with Gasteiger partial charge in [-0.15, -0.1) is 0 Å². The molecule has 1 aliphatic carbocycles. The van der Waals surface area contributed by atoms with Gasteiger partial charge in [-0.05, 0) is 36.1 Å². The van der Waals surface area contributed by atoms with Crippen LogP contribution in [0.5, 0.6) is 0 Å². The molecule has 3 aromatic rings. The average Bonchev–Trinajstić information content (AvgIpc) is 3.55. The van der Waals surface area contributed by atoms with Crippen LogP contribution >= 0.6 is 0 Å². The van der Waals surface area contributed by atoms with Gasteiger partial charge in [0, 0.05) is 5.41 Å². The third-order valence-electron chi connectivity index (χ3n) is 5.51. The number of carbonyl (C=O) groups excluding carboxylic acids is 1. The Balaban J connectivity index is 1.49. The topological polar surface area (TPSA) is 41.5 Å². The number of nitrogens with one attached hydrogen (secondary N) is 1. The van der Waals surface area contributed by atoms with Crippen LogP contribution in [0.1, 0.15) is 30.0 Å². The maximum Gasteiger partial charge on any atom is 0.244 e. The molecule has 0 saturated heterocycles. The fraction of sp³-hybridized carbons (Fsp3) is 0.154. The highest BCUT2D eigenvalue weighted by atomic mass is 16.2. The van der Waals surface area contributed by atoms with E-state index < -0.39 is 0 Å². The molecule has 0 aromatic heterocycles. The van der Waals surface area contributed by atoms with Crippen molar-refractivity contribution in [3.05, 3.63) is 114 Å². The van der Waals surface area contributed by atoms with Crippen molar-refractivity contribution in [3.63, 3.8) is 0 Å². The number of benzene rings is 3. The summed E-state index contributed by atoms with van der Waals surface area (Å²) < 4.78 is 0. The molecule has 3 nitrogen and oxygen atoms in total. The van der Waals surface area contributed by atoms with Crippen LogP contribution in [0.2, 0.25) is 0 Å². The van der Waals surface area contributed by atoms with Gasteiger partial charge >= 0.3 is 0 Å². The fourth-order valence-electron chi connectivity index (χ4n) is 3.89. The molecule has 29 heavy (non-hydrogen) atoms. The lowest BCUT2D eigenvalue weighted by Crippen LogP contribution is -2.26. The Morgan fingerprint density at radius 1 is 0.897 bits per heavy atom. The van der Waals surface area contributed by atoms with Crippen LogP contribution in [-0.2, 0) is 10.2 Å². The van der Waals surface area contributed by atoms with Gasteiger partial charge in [-0.1, -0.05) is 97.1 Å². The minimum Gasteiger partial charge on any atom is -0.273 e. The van der Waals surface area contributed by atoms with Gasteiger partial charge in [0.1, 0.15) is 0 Å². The number of amides is 1. The van der Waals surface area contributed by atoms with Gasteiger partial charge in [-0.25, -0.2) is 5.43 Å². The zero-order valence-electron chi connectivity index (χ0n) is 16.5. The zero-order chi connectivity index (χ0) is 20.1. The van der Waals surface area contributed by atoms with Crippen molar-refractivity contribution >= 4 is 17.7 Å². The second-order valence-corrected chi connectivity index (χ2v) is 7.43. The molecule has 0 bridgehead atoms. The number of hydrogen-bond donors (Lipinski definition) is 1. The Morgan fingerprint density at radius 3 is 1.97 bits per heavy atom. The number of hydrazone groups is 1. The summed E-state index contributed by atoms with van der Waals surface area (Å²) in [6.07, 6.45) is 4.69. The largest absolute Gasteiger partial charge is 0.273 e. The molecule has 0 unspecified atom stereocenters. The van der Waals surface area contributed by atoms with Gasteiger partial charge in [0.25, 0.3) is 0 Å². The van der Waals surface area contributed by atoms with Crippen molar-refractivity contribution in [1.29, 1.82) is 0 Å². The summed E-state index contributed by atoms with van der Waals surface area (Å²) in [4.78, 5) is 12.9. The number of nitrogens with zero attached hydrogens (tertiary/aromatic N) is 1. The highest BCUT2D eigenvalue weighted by molar-refractivity contribution is 5.97. The van der Waals surface area contributed by atoms with E-state index in [1.165, 1.54) is 11.1 Å². The first-order valence-corrected chi connectivity index (χ1v) is 9.88. The van der Waals surface area contributed by atoms with Gasteiger partial charge in [0.15, 0.2) is 0 Å². The van der Waals surface area contributed by atoms with E-state index >= 15 is 0 Å². The van der Waals surface area contributed by atoms with E-state index in [-0.39, 0.29) is 17.2 Å². The second-order valence-electron chi connectivity index (χ2n) is 7.43. The van der Waals surface area contributed by atoms with Crippen LogP contribution in [0.25, 0.3) is 6.08 Å². The molecule has 3 aromatic carbocycles. The van der Waals surface area contributed by atoms with Crippen LogP contribution in [0.4, 0.5) is 0 Å². The van der Waals surface area contributed by atoms with E-state index in [0.29, 0.717) is 0 Å². The summed E-state index contributed by atoms with van der Waals surface area (Å²) in [6, 6.07) is 30.6. The first-order chi connectivity index (χ1) is 14.2. The Bertz CT molecular complexity index is 985. The molecule has 1 fully saturated rings. The lowest BCUT2D eigenvalue weighted by atomic mass is 9.85. The Kier molecular flexibility index (Phi) is 5.39. The fourth-order valence-corrected chi connectivity index (χ4v) is 3.89. The van der Waals surface area contributed by atoms with Crippen molar-refractivity contribution in [1.82, 2.24) is 5.43 Å². The number of allylic oxidation sites excluding steroid dienone is 1. The van der Waals surface area contributed by atoms with E-state index in [4.69, 9.17) is 0 Å². The molecule has 0 aliphatic heterocycles. The SMILES string of the molecule is CC(/C=C/c1ccccc1)=N/NC(=O)[C@H]1CC1(c1ccccc1)c1ccccc1. The normalized spacial score (nSPS) is 17.8. The Labute approximate surface area is 171 Å². The summed E-state index contributed by atoms with van der Waals surface area (Å²) in [5.41, 5.74) is 6.72. The average molecular weight is 380 g/mol.